The smallest absolute Gasteiger partial charge is 0.295 e. The molecule has 0 bridgehead atoms. The highest BCUT2D eigenvalue weighted by atomic mass is 32.2. The first-order valence-corrected chi connectivity index (χ1v) is 6.65. The number of aldehydes is 1. The Morgan fingerprint density at radius 1 is 0.895 bits per heavy atom. The lowest BCUT2D eigenvalue weighted by atomic mass is 10.2. The normalized spacial score (nSPS) is 10.2. The number of carbonyl (C=O) groups excluding carboxylic acids is 1. The molecule has 0 spiro atoms. The largest absolute Gasteiger partial charge is 0.508 e. The summed E-state index contributed by atoms with van der Waals surface area (Å²) in [5, 5.41) is 8.63. The second-order valence-corrected chi connectivity index (χ2v) is 4.86. The predicted octanol–water partition coefficient (Wildman–Crippen LogP) is 2.14. The van der Waals surface area contributed by atoms with Gasteiger partial charge in [-0.3, -0.25) is 9.35 Å². The molecule has 0 aliphatic rings. The van der Waals surface area contributed by atoms with Crippen molar-refractivity contribution < 1.29 is 22.9 Å². The molecule has 19 heavy (non-hydrogen) atoms. The number of carbonyl (C=O) groups is 1. The van der Waals surface area contributed by atoms with Crippen LogP contribution >= 0.6 is 0 Å². The van der Waals surface area contributed by atoms with E-state index in [0.29, 0.717) is 12.0 Å². The number of para-hydroxylation sites is 1. The van der Waals surface area contributed by atoms with Gasteiger partial charge in [-0.05, 0) is 18.2 Å². The maximum Gasteiger partial charge on any atom is 0.295 e. The van der Waals surface area contributed by atoms with E-state index in [4.69, 9.17) is 9.66 Å². The van der Waals surface area contributed by atoms with Crippen LogP contribution in [0.4, 0.5) is 0 Å². The molecular weight excluding hydrogens is 268 g/mol. The van der Waals surface area contributed by atoms with E-state index in [1.807, 2.05) is 6.07 Å². The molecule has 0 unspecified atom stereocenters. The molecule has 0 heterocycles. The number of benzene rings is 2. The summed E-state index contributed by atoms with van der Waals surface area (Å²) >= 11 is 0. The van der Waals surface area contributed by atoms with Crippen molar-refractivity contribution in [1.29, 1.82) is 0 Å². The van der Waals surface area contributed by atoms with E-state index in [1.54, 1.807) is 24.3 Å². The minimum absolute atomic E-state index is 0.0417. The average Bonchev–Trinajstić information content (AvgIpc) is 2.39. The molecule has 0 saturated carbocycles. The minimum Gasteiger partial charge on any atom is -0.508 e. The first kappa shape index (κ1) is 14.9. The van der Waals surface area contributed by atoms with Crippen LogP contribution in [0.25, 0.3) is 0 Å². The molecule has 0 atom stereocenters. The van der Waals surface area contributed by atoms with Crippen LogP contribution in [-0.4, -0.2) is 24.4 Å². The predicted molar refractivity (Wildman–Crippen MR) is 69.8 cm³/mol. The summed E-state index contributed by atoms with van der Waals surface area (Å²) in [6.07, 6.45) is 0.378. The summed E-state index contributed by atoms with van der Waals surface area (Å²) in [5.41, 5.74) is -0.0417. The van der Waals surface area contributed by atoms with Gasteiger partial charge in [-0.15, -0.1) is 0 Å². The molecule has 0 aromatic heterocycles. The van der Waals surface area contributed by atoms with E-state index >= 15 is 0 Å². The minimum atomic E-state index is -4.28. The molecule has 0 saturated heterocycles. The van der Waals surface area contributed by atoms with Crippen molar-refractivity contribution in [1.82, 2.24) is 0 Å². The summed E-state index contributed by atoms with van der Waals surface area (Å²) in [4.78, 5) is 9.94. The Morgan fingerprint density at radius 2 is 1.42 bits per heavy atom. The fourth-order valence-corrected chi connectivity index (χ4v) is 1.91. The van der Waals surface area contributed by atoms with Crippen LogP contribution < -0.4 is 0 Å². The Morgan fingerprint density at radius 3 is 1.79 bits per heavy atom. The van der Waals surface area contributed by atoms with E-state index in [0.717, 1.165) is 0 Å². The van der Waals surface area contributed by atoms with Crippen molar-refractivity contribution in [3.8, 4) is 5.75 Å². The Hall–Kier alpha value is -2.18. The van der Waals surface area contributed by atoms with Crippen molar-refractivity contribution in [3.63, 3.8) is 0 Å². The number of hydrogen-bond acceptors (Lipinski definition) is 4. The van der Waals surface area contributed by atoms with Crippen LogP contribution in [-0.2, 0) is 10.1 Å². The van der Waals surface area contributed by atoms with Crippen LogP contribution in [0.3, 0.4) is 0 Å². The van der Waals surface area contributed by atoms with Gasteiger partial charge < -0.3 is 5.11 Å². The molecule has 2 rings (SSSR count). The summed E-state index contributed by atoms with van der Waals surface area (Å²) in [7, 11) is -4.28. The zero-order chi connectivity index (χ0) is 14.3. The topological polar surface area (TPSA) is 91.7 Å². The van der Waals surface area contributed by atoms with Crippen molar-refractivity contribution >= 4 is 16.4 Å². The summed E-state index contributed by atoms with van der Waals surface area (Å²) in [6, 6.07) is 14.1. The molecule has 0 aliphatic carbocycles. The highest BCUT2D eigenvalue weighted by molar-refractivity contribution is 7.86. The molecular formula is C13H12O5S. The summed E-state index contributed by atoms with van der Waals surface area (Å²) in [6.45, 7) is 0. The van der Waals surface area contributed by atoms with E-state index in [1.165, 1.54) is 24.3 Å². The van der Waals surface area contributed by atoms with Gasteiger partial charge in [-0.25, -0.2) is 0 Å². The second kappa shape index (κ2) is 6.67. The first-order chi connectivity index (χ1) is 8.95. The third-order valence-corrected chi connectivity index (χ3v) is 3.01. The van der Waals surface area contributed by atoms with Crippen molar-refractivity contribution in [2.45, 2.75) is 4.90 Å². The first-order valence-electron chi connectivity index (χ1n) is 5.21. The SMILES string of the molecule is O=Cc1ccccc1S(=O)(=O)O.Oc1ccccc1. The highest BCUT2D eigenvalue weighted by Crippen LogP contribution is 2.12. The molecule has 2 aromatic rings. The molecule has 0 aliphatic heterocycles. The molecule has 2 aromatic carbocycles. The molecule has 0 radical (unpaired) electrons. The fourth-order valence-electron chi connectivity index (χ4n) is 1.24. The van der Waals surface area contributed by atoms with Gasteiger partial charge in [0.15, 0.2) is 6.29 Å². The third-order valence-electron chi connectivity index (χ3n) is 2.08. The van der Waals surface area contributed by atoms with Crippen molar-refractivity contribution in [3.05, 3.63) is 60.2 Å². The van der Waals surface area contributed by atoms with E-state index in [2.05, 4.69) is 0 Å². The summed E-state index contributed by atoms with van der Waals surface area (Å²) < 4.78 is 29.8. The lowest BCUT2D eigenvalue weighted by Crippen LogP contribution is -2.01. The zero-order valence-electron chi connectivity index (χ0n) is 9.80. The Balaban J connectivity index is 0.000000218. The number of rotatable bonds is 2. The molecule has 0 amide bonds. The lowest BCUT2D eigenvalue weighted by molar-refractivity contribution is 0.112. The highest BCUT2D eigenvalue weighted by Gasteiger charge is 2.13. The molecule has 6 heteroatoms. The molecule has 0 fully saturated rings. The van der Waals surface area contributed by atoms with E-state index in [-0.39, 0.29) is 10.5 Å². The number of aromatic hydroxyl groups is 1. The molecule has 2 N–H and O–H groups in total. The molecule has 100 valence electrons. The Kier molecular flexibility index (Phi) is 5.23. The number of phenolic OH excluding ortho intramolecular Hbond substituents is 1. The quantitative estimate of drug-likeness (QED) is 0.649. The van der Waals surface area contributed by atoms with Crippen LogP contribution in [0.15, 0.2) is 59.5 Å². The van der Waals surface area contributed by atoms with Crippen LogP contribution in [0.2, 0.25) is 0 Å². The standard InChI is InChI=1S/C7H6O4S.C6H6O/c8-5-6-3-1-2-4-7(6)12(9,10)11;7-6-4-2-1-3-5-6/h1-5H,(H,9,10,11);1-5,7H. The van der Waals surface area contributed by atoms with Crippen LogP contribution in [0.1, 0.15) is 10.4 Å². The van der Waals surface area contributed by atoms with E-state index < -0.39 is 10.1 Å². The van der Waals surface area contributed by atoms with Crippen molar-refractivity contribution in [2.24, 2.45) is 0 Å². The third kappa shape index (κ3) is 4.90. The van der Waals surface area contributed by atoms with E-state index in [9.17, 15) is 13.2 Å². The van der Waals surface area contributed by atoms with Gasteiger partial charge in [0, 0.05) is 5.56 Å². The lowest BCUT2D eigenvalue weighted by Gasteiger charge is -1.98. The summed E-state index contributed by atoms with van der Waals surface area (Å²) in [5.74, 6) is 0.322. The Labute approximate surface area is 110 Å². The van der Waals surface area contributed by atoms with Gasteiger partial charge in [0.1, 0.15) is 10.6 Å². The van der Waals surface area contributed by atoms with Gasteiger partial charge in [0.2, 0.25) is 0 Å². The number of hydrogen-bond donors (Lipinski definition) is 2. The second-order valence-electron chi connectivity index (χ2n) is 3.47. The van der Waals surface area contributed by atoms with Gasteiger partial charge in [0.05, 0.1) is 0 Å². The maximum absolute atomic E-state index is 10.6. The van der Waals surface area contributed by atoms with Crippen LogP contribution in [0.5, 0.6) is 5.75 Å². The molecule has 5 nitrogen and oxygen atoms in total. The number of phenols is 1. The average molecular weight is 280 g/mol. The maximum atomic E-state index is 10.6. The van der Waals surface area contributed by atoms with Gasteiger partial charge in [-0.1, -0.05) is 36.4 Å². The van der Waals surface area contributed by atoms with Crippen molar-refractivity contribution in [2.75, 3.05) is 0 Å². The van der Waals surface area contributed by atoms with Crippen LogP contribution in [0, 0.1) is 0 Å². The van der Waals surface area contributed by atoms with Gasteiger partial charge in [0.25, 0.3) is 10.1 Å². The Bertz CT molecular complexity index is 635. The fraction of sp³-hybridized carbons (Fsp3) is 0. The van der Waals surface area contributed by atoms with Gasteiger partial charge >= 0.3 is 0 Å². The monoisotopic (exact) mass is 280 g/mol. The van der Waals surface area contributed by atoms with Gasteiger partial charge in [-0.2, -0.15) is 8.42 Å². The zero-order valence-corrected chi connectivity index (χ0v) is 10.6.